The number of carboxylic acids is 1. The molecule has 146 valence electrons. The summed E-state index contributed by atoms with van der Waals surface area (Å²) in [4.78, 5) is 12.6. The van der Waals surface area contributed by atoms with Crippen LogP contribution >= 0.6 is 39.0 Å². The average Bonchev–Trinajstić information content (AvgIpc) is 3.23. The Bertz CT molecular complexity index is 1030. The van der Waals surface area contributed by atoms with E-state index < -0.39 is 11.2 Å². The number of hydrogen-bond donors (Lipinski definition) is 1. The predicted octanol–water partition coefficient (Wildman–Crippen LogP) is 5.51. The van der Waals surface area contributed by atoms with Crippen molar-refractivity contribution in [3.05, 3.63) is 45.7 Å². The van der Waals surface area contributed by atoms with Crippen LogP contribution in [0.5, 0.6) is 0 Å². The lowest BCUT2D eigenvalue weighted by Gasteiger charge is -2.15. The molecular formula is C20H20BrN3O2S2. The number of carbonyl (C=O) groups is 1. The number of aromatic nitrogens is 3. The summed E-state index contributed by atoms with van der Waals surface area (Å²) in [5, 5.41) is 18.8. The van der Waals surface area contributed by atoms with E-state index in [4.69, 9.17) is 0 Å². The summed E-state index contributed by atoms with van der Waals surface area (Å²) in [6, 6.07) is 8.66. The van der Waals surface area contributed by atoms with Gasteiger partial charge in [-0.05, 0) is 72.2 Å². The van der Waals surface area contributed by atoms with Crippen molar-refractivity contribution in [2.75, 3.05) is 0 Å². The van der Waals surface area contributed by atoms with Crippen molar-refractivity contribution in [3.63, 3.8) is 0 Å². The van der Waals surface area contributed by atoms with Crippen molar-refractivity contribution in [1.82, 2.24) is 14.8 Å². The first kappa shape index (κ1) is 19.7. The number of halogens is 1. The van der Waals surface area contributed by atoms with Crippen LogP contribution in [0, 0.1) is 6.92 Å². The van der Waals surface area contributed by atoms with Gasteiger partial charge in [-0.15, -0.1) is 21.5 Å². The van der Waals surface area contributed by atoms with Gasteiger partial charge in [0, 0.05) is 4.88 Å². The molecule has 1 atom stereocenters. The Kier molecular flexibility index (Phi) is 5.62. The predicted molar refractivity (Wildman–Crippen MR) is 117 cm³/mol. The van der Waals surface area contributed by atoms with Gasteiger partial charge < -0.3 is 5.11 Å². The molecule has 5 nitrogen and oxygen atoms in total. The summed E-state index contributed by atoms with van der Waals surface area (Å²) < 4.78 is 2.58. The van der Waals surface area contributed by atoms with Crippen molar-refractivity contribution < 1.29 is 9.90 Å². The smallest absolute Gasteiger partial charge is 0.316 e. The molecule has 0 amide bonds. The van der Waals surface area contributed by atoms with Crippen LogP contribution in [-0.4, -0.2) is 31.1 Å². The van der Waals surface area contributed by atoms with E-state index in [1.807, 2.05) is 4.57 Å². The Morgan fingerprint density at radius 2 is 1.89 bits per heavy atom. The molecule has 0 radical (unpaired) electrons. The minimum atomic E-state index is -0.857. The number of thioether (sulfide) groups is 1. The molecule has 0 aliphatic heterocycles. The zero-order valence-electron chi connectivity index (χ0n) is 15.6. The second-order valence-electron chi connectivity index (χ2n) is 6.95. The van der Waals surface area contributed by atoms with Gasteiger partial charge in [0.15, 0.2) is 5.16 Å². The third-order valence-electron chi connectivity index (χ3n) is 4.94. The highest BCUT2D eigenvalue weighted by atomic mass is 79.9. The normalized spacial score (nSPS) is 14.7. The summed E-state index contributed by atoms with van der Waals surface area (Å²) in [6.07, 6.45) is 4.46. The van der Waals surface area contributed by atoms with E-state index in [1.165, 1.54) is 45.3 Å². The van der Waals surface area contributed by atoms with Crippen LogP contribution < -0.4 is 0 Å². The minimum Gasteiger partial charge on any atom is -0.480 e. The number of carboxylic acid groups (broad SMARTS) is 1. The van der Waals surface area contributed by atoms with Gasteiger partial charge in [0.05, 0.1) is 0 Å². The fourth-order valence-electron chi connectivity index (χ4n) is 3.44. The van der Waals surface area contributed by atoms with E-state index in [9.17, 15) is 9.90 Å². The number of aliphatic carboxylic acids is 1. The molecular weight excluding hydrogens is 458 g/mol. The number of benzene rings is 1. The quantitative estimate of drug-likeness (QED) is 0.490. The van der Waals surface area contributed by atoms with E-state index in [-0.39, 0.29) is 0 Å². The topological polar surface area (TPSA) is 68.0 Å². The standard InChI is InChI=1S/C20H20BrN3O2S2/c1-11-7-9-13(10-8-11)16-14-5-3-4-6-15(14)17(28-16)24-19(21)22-23-20(24)27-12(2)18(25)26/h7-10,12H,3-6H2,1-2H3,(H,25,26). The lowest BCUT2D eigenvalue weighted by Crippen LogP contribution is -2.13. The van der Waals surface area contributed by atoms with Crippen molar-refractivity contribution in [3.8, 4) is 15.4 Å². The molecule has 0 bridgehead atoms. The van der Waals surface area contributed by atoms with E-state index >= 15 is 0 Å². The minimum absolute atomic E-state index is 0.595. The molecule has 4 rings (SSSR count). The number of thiophene rings is 1. The van der Waals surface area contributed by atoms with Gasteiger partial charge >= 0.3 is 5.97 Å². The first-order valence-corrected chi connectivity index (χ1v) is 11.7. The Balaban J connectivity index is 1.84. The maximum absolute atomic E-state index is 11.3. The van der Waals surface area contributed by atoms with E-state index in [2.05, 4.69) is 57.3 Å². The highest BCUT2D eigenvalue weighted by molar-refractivity contribution is 9.10. The summed E-state index contributed by atoms with van der Waals surface area (Å²) in [7, 11) is 0. The van der Waals surface area contributed by atoms with Gasteiger partial charge in [-0.3, -0.25) is 9.36 Å². The summed E-state index contributed by atoms with van der Waals surface area (Å²) >= 11 is 6.49. The zero-order chi connectivity index (χ0) is 19.8. The Morgan fingerprint density at radius 3 is 2.57 bits per heavy atom. The fourth-order valence-corrected chi connectivity index (χ4v) is 6.35. The molecule has 1 aliphatic carbocycles. The van der Waals surface area contributed by atoms with Crippen molar-refractivity contribution in [1.29, 1.82) is 0 Å². The van der Waals surface area contributed by atoms with Crippen LogP contribution in [0.3, 0.4) is 0 Å². The van der Waals surface area contributed by atoms with E-state index in [0.717, 1.165) is 24.3 Å². The number of aryl methyl sites for hydroxylation is 1. The second-order valence-corrected chi connectivity index (χ2v) is 9.97. The highest BCUT2D eigenvalue weighted by Gasteiger charge is 2.27. The first-order chi connectivity index (χ1) is 13.5. The lowest BCUT2D eigenvalue weighted by atomic mass is 9.91. The largest absolute Gasteiger partial charge is 0.480 e. The maximum Gasteiger partial charge on any atom is 0.316 e. The van der Waals surface area contributed by atoms with Gasteiger partial charge in [0.2, 0.25) is 4.73 Å². The van der Waals surface area contributed by atoms with Crippen LogP contribution in [0.2, 0.25) is 0 Å². The molecule has 0 saturated carbocycles. The average molecular weight is 478 g/mol. The lowest BCUT2D eigenvalue weighted by molar-refractivity contribution is -0.136. The van der Waals surface area contributed by atoms with Gasteiger partial charge in [0.1, 0.15) is 10.3 Å². The van der Waals surface area contributed by atoms with Crippen molar-refractivity contribution >= 4 is 45.0 Å². The Labute approximate surface area is 180 Å². The number of hydrogen-bond acceptors (Lipinski definition) is 5. The molecule has 2 aromatic heterocycles. The first-order valence-electron chi connectivity index (χ1n) is 9.18. The van der Waals surface area contributed by atoms with Crippen LogP contribution in [0.15, 0.2) is 34.2 Å². The SMILES string of the molecule is Cc1ccc(-c2sc(-n3c(Br)nnc3SC(C)C(=O)O)c3c2CCCC3)cc1. The molecule has 1 aliphatic rings. The second kappa shape index (κ2) is 8.00. The fraction of sp³-hybridized carbons (Fsp3) is 0.350. The van der Waals surface area contributed by atoms with Crippen LogP contribution in [0.25, 0.3) is 15.4 Å². The molecule has 8 heteroatoms. The number of nitrogens with zero attached hydrogens (tertiary/aromatic N) is 3. The summed E-state index contributed by atoms with van der Waals surface area (Å²) in [6.45, 7) is 3.77. The maximum atomic E-state index is 11.3. The van der Waals surface area contributed by atoms with Gasteiger partial charge in [-0.1, -0.05) is 41.6 Å². The van der Waals surface area contributed by atoms with Gasteiger partial charge in [0.25, 0.3) is 0 Å². The van der Waals surface area contributed by atoms with Gasteiger partial charge in [-0.2, -0.15) is 0 Å². The van der Waals surface area contributed by atoms with Crippen molar-refractivity contribution in [2.24, 2.45) is 0 Å². The highest BCUT2D eigenvalue weighted by Crippen LogP contribution is 2.44. The van der Waals surface area contributed by atoms with Gasteiger partial charge in [-0.25, -0.2) is 0 Å². The molecule has 3 aromatic rings. The van der Waals surface area contributed by atoms with E-state index in [1.54, 1.807) is 18.3 Å². The zero-order valence-corrected chi connectivity index (χ0v) is 18.8. The van der Waals surface area contributed by atoms with E-state index in [0.29, 0.717) is 9.89 Å². The molecule has 0 spiro atoms. The third-order valence-corrected chi connectivity index (χ3v) is 7.79. The Morgan fingerprint density at radius 1 is 1.21 bits per heavy atom. The van der Waals surface area contributed by atoms with Crippen molar-refractivity contribution in [2.45, 2.75) is 49.9 Å². The molecule has 1 aromatic carbocycles. The number of rotatable bonds is 5. The summed E-state index contributed by atoms with van der Waals surface area (Å²) in [5.74, 6) is -0.857. The molecule has 1 unspecified atom stereocenters. The monoisotopic (exact) mass is 477 g/mol. The Hall–Kier alpha value is -1.64. The number of fused-ring (bicyclic) bond motifs is 1. The van der Waals surface area contributed by atoms with Crippen LogP contribution in [0.1, 0.15) is 36.5 Å². The van der Waals surface area contributed by atoms with Crippen LogP contribution in [-0.2, 0) is 17.6 Å². The molecule has 0 fully saturated rings. The van der Waals surface area contributed by atoms with Crippen LogP contribution in [0.4, 0.5) is 0 Å². The summed E-state index contributed by atoms with van der Waals surface area (Å²) in [5.41, 5.74) is 5.24. The molecule has 0 saturated heterocycles. The molecule has 28 heavy (non-hydrogen) atoms. The molecule has 2 heterocycles. The third kappa shape index (κ3) is 3.65. The molecule has 1 N–H and O–H groups in total.